The predicted molar refractivity (Wildman–Crippen MR) is 114 cm³/mol. The minimum absolute atomic E-state index is 0.102. The molecular weight excluding hydrogens is 408 g/mol. The average Bonchev–Trinajstić information content (AvgIpc) is 2.73. The lowest BCUT2D eigenvalue weighted by atomic mass is 9.98. The highest BCUT2D eigenvalue weighted by molar-refractivity contribution is 6.30. The quantitative estimate of drug-likeness (QED) is 0.389. The minimum Gasteiger partial charge on any atom is -0.434 e. The second kappa shape index (κ2) is 10.3. The van der Waals surface area contributed by atoms with Crippen molar-refractivity contribution in [3.05, 3.63) is 82.6 Å². The van der Waals surface area contributed by atoms with E-state index in [-0.39, 0.29) is 11.5 Å². The lowest BCUT2D eigenvalue weighted by molar-refractivity contribution is -0.118. The number of benzene rings is 2. The van der Waals surface area contributed by atoms with Crippen molar-refractivity contribution in [2.24, 2.45) is 0 Å². The van der Waals surface area contributed by atoms with E-state index in [1.54, 1.807) is 42.6 Å². The molecule has 0 aliphatic heterocycles. The summed E-state index contributed by atoms with van der Waals surface area (Å²) in [7, 11) is 0. The second-order valence-electron chi connectivity index (χ2n) is 6.95. The van der Waals surface area contributed by atoms with Gasteiger partial charge in [-0.05, 0) is 59.9 Å². The summed E-state index contributed by atoms with van der Waals surface area (Å²) in [5.41, 5.74) is 4.05. The summed E-state index contributed by atoms with van der Waals surface area (Å²) in [6.45, 7) is -1.06. The van der Waals surface area contributed by atoms with E-state index in [4.69, 9.17) is 16.3 Å². The Labute approximate surface area is 179 Å². The third kappa shape index (κ3) is 6.10. The van der Waals surface area contributed by atoms with Gasteiger partial charge in [-0.15, -0.1) is 0 Å². The molecule has 0 bridgehead atoms. The van der Waals surface area contributed by atoms with Crippen LogP contribution in [0.3, 0.4) is 0 Å². The fourth-order valence-electron chi connectivity index (χ4n) is 3.15. The monoisotopic (exact) mass is 429 g/mol. The SMILES string of the molecule is CCC(=O)CCc1ccc(Cc2ccc(OC(F)F)c(-c3cccc(Cl)c3)c2)cn1. The first-order valence-corrected chi connectivity index (χ1v) is 10.1. The van der Waals surface area contributed by atoms with E-state index >= 15 is 0 Å². The fourth-order valence-corrected chi connectivity index (χ4v) is 3.35. The van der Waals surface area contributed by atoms with Crippen molar-refractivity contribution in [3.8, 4) is 16.9 Å². The molecule has 156 valence electrons. The summed E-state index contributed by atoms with van der Waals surface area (Å²) in [6, 6.07) is 16.1. The maximum Gasteiger partial charge on any atom is 0.387 e. The Bertz CT molecular complexity index is 1010. The number of nitrogens with zero attached hydrogens (tertiary/aromatic N) is 1. The molecule has 0 amide bonds. The molecule has 0 aliphatic rings. The molecule has 0 spiro atoms. The molecular formula is C24H22ClF2NO2. The number of hydrogen-bond donors (Lipinski definition) is 0. The Hall–Kier alpha value is -2.79. The van der Waals surface area contributed by atoms with E-state index in [2.05, 4.69) is 4.98 Å². The molecule has 0 N–H and O–H groups in total. The molecule has 30 heavy (non-hydrogen) atoms. The highest BCUT2D eigenvalue weighted by atomic mass is 35.5. The molecule has 0 aliphatic carbocycles. The van der Waals surface area contributed by atoms with Crippen LogP contribution in [-0.4, -0.2) is 17.4 Å². The number of Topliss-reactive ketones (excluding diaryl/α,β-unsaturated/α-hetero) is 1. The van der Waals surface area contributed by atoms with E-state index in [0.717, 1.165) is 16.8 Å². The van der Waals surface area contributed by atoms with Gasteiger partial charge in [0.25, 0.3) is 0 Å². The van der Waals surface area contributed by atoms with Crippen LogP contribution in [-0.2, 0) is 17.6 Å². The van der Waals surface area contributed by atoms with Gasteiger partial charge in [0.15, 0.2) is 0 Å². The molecule has 1 aromatic heterocycles. The molecule has 0 saturated carbocycles. The standard InChI is InChI=1S/C24H22ClF2NO2/c1-2-21(29)10-9-20-8-6-17(15-28-20)12-16-7-11-23(30-24(26)27)22(13-16)18-4-3-5-19(25)14-18/h3-8,11,13-15,24H,2,9-10,12H2,1H3. The number of carbonyl (C=O) groups excluding carboxylic acids is 1. The number of alkyl halides is 2. The van der Waals surface area contributed by atoms with Gasteiger partial charge < -0.3 is 4.74 Å². The fraction of sp³-hybridized carbons (Fsp3) is 0.250. The maximum absolute atomic E-state index is 12.8. The lowest BCUT2D eigenvalue weighted by Crippen LogP contribution is -2.04. The van der Waals surface area contributed by atoms with Crippen LogP contribution >= 0.6 is 11.6 Å². The maximum atomic E-state index is 12.8. The van der Waals surface area contributed by atoms with Crippen molar-refractivity contribution < 1.29 is 18.3 Å². The van der Waals surface area contributed by atoms with E-state index in [1.165, 1.54) is 0 Å². The second-order valence-corrected chi connectivity index (χ2v) is 7.38. The number of ether oxygens (including phenoxy) is 1. The topological polar surface area (TPSA) is 39.2 Å². The van der Waals surface area contributed by atoms with E-state index in [0.29, 0.717) is 41.8 Å². The van der Waals surface area contributed by atoms with Gasteiger partial charge >= 0.3 is 6.61 Å². The Kier molecular flexibility index (Phi) is 7.52. The number of carbonyl (C=O) groups is 1. The third-order valence-electron chi connectivity index (χ3n) is 4.74. The first-order chi connectivity index (χ1) is 14.4. The van der Waals surface area contributed by atoms with Gasteiger partial charge in [0.05, 0.1) is 0 Å². The number of hydrogen-bond acceptors (Lipinski definition) is 3. The summed E-state index contributed by atoms with van der Waals surface area (Å²) < 4.78 is 30.4. The smallest absolute Gasteiger partial charge is 0.387 e. The molecule has 0 unspecified atom stereocenters. The normalized spacial score (nSPS) is 11.0. The zero-order chi connectivity index (χ0) is 21.5. The van der Waals surface area contributed by atoms with Crippen molar-refractivity contribution in [1.29, 1.82) is 0 Å². The first kappa shape index (κ1) is 21.9. The molecule has 0 atom stereocenters. The van der Waals surface area contributed by atoms with Gasteiger partial charge in [-0.25, -0.2) is 0 Å². The number of pyridine rings is 1. The van der Waals surface area contributed by atoms with Gasteiger partial charge in [0, 0.05) is 35.3 Å². The Morgan fingerprint density at radius 2 is 1.90 bits per heavy atom. The Morgan fingerprint density at radius 3 is 2.57 bits per heavy atom. The molecule has 2 aromatic carbocycles. The van der Waals surface area contributed by atoms with Crippen molar-refractivity contribution in [2.45, 2.75) is 39.2 Å². The van der Waals surface area contributed by atoms with Gasteiger partial charge in [0.1, 0.15) is 11.5 Å². The summed E-state index contributed by atoms with van der Waals surface area (Å²) in [5, 5.41) is 0.516. The van der Waals surface area contributed by atoms with Crippen LogP contribution in [0.25, 0.3) is 11.1 Å². The van der Waals surface area contributed by atoms with E-state index < -0.39 is 6.61 Å². The van der Waals surface area contributed by atoms with Crippen molar-refractivity contribution in [1.82, 2.24) is 4.98 Å². The summed E-state index contributed by atoms with van der Waals surface area (Å²) in [5.74, 6) is 0.325. The summed E-state index contributed by atoms with van der Waals surface area (Å²) in [4.78, 5) is 15.9. The van der Waals surface area contributed by atoms with Crippen molar-refractivity contribution in [3.63, 3.8) is 0 Å². The molecule has 3 nitrogen and oxygen atoms in total. The van der Waals surface area contributed by atoms with Gasteiger partial charge in [-0.1, -0.05) is 42.8 Å². The van der Waals surface area contributed by atoms with Crippen LogP contribution in [0, 0.1) is 0 Å². The van der Waals surface area contributed by atoms with Gasteiger partial charge in [-0.3, -0.25) is 9.78 Å². The minimum atomic E-state index is -2.91. The van der Waals surface area contributed by atoms with Crippen molar-refractivity contribution in [2.75, 3.05) is 0 Å². The summed E-state index contributed by atoms with van der Waals surface area (Å²) >= 11 is 6.07. The van der Waals surface area contributed by atoms with Crippen LogP contribution in [0.4, 0.5) is 8.78 Å². The van der Waals surface area contributed by atoms with Crippen LogP contribution in [0.5, 0.6) is 5.75 Å². The highest BCUT2D eigenvalue weighted by Gasteiger charge is 2.13. The molecule has 6 heteroatoms. The zero-order valence-electron chi connectivity index (χ0n) is 16.6. The van der Waals surface area contributed by atoms with Gasteiger partial charge in [-0.2, -0.15) is 8.78 Å². The molecule has 0 saturated heterocycles. The predicted octanol–water partition coefficient (Wildman–Crippen LogP) is 6.51. The number of aryl methyl sites for hydroxylation is 1. The Balaban J connectivity index is 1.81. The van der Waals surface area contributed by atoms with Crippen LogP contribution < -0.4 is 4.74 Å². The largest absolute Gasteiger partial charge is 0.434 e. The third-order valence-corrected chi connectivity index (χ3v) is 4.98. The van der Waals surface area contributed by atoms with E-state index in [9.17, 15) is 13.6 Å². The zero-order valence-corrected chi connectivity index (χ0v) is 17.3. The average molecular weight is 430 g/mol. The van der Waals surface area contributed by atoms with Crippen LogP contribution in [0.2, 0.25) is 5.02 Å². The molecule has 1 heterocycles. The highest BCUT2D eigenvalue weighted by Crippen LogP contribution is 2.34. The number of halogens is 3. The molecule has 3 rings (SSSR count). The van der Waals surface area contributed by atoms with Crippen LogP contribution in [0.1, 0.15) is 36.6 Å². The molecule has 3 aromatic rings. The lowest BCUT2D eigenvalue weighted by Gasteiger charge is -2.13. The van der Waals surface area contributed by atoms with Crippen molar-refractivity contribution >= 4 is 17.4 Å². The number of ketones is 1. The van der Waals surface area contributed by atoms with Gasteiger partial charge in [0.2, 0.25) is 0 Å². The van der Waals surface area contributed by atoms with E-state index in [1.807, 2.05) is 25.1 Å². The summed E-state index contributed by atoms with van der Waals surface area (Å²) in [6.07, 6.45) is 4.04. The van der Waals surface area contributed by atoms with Crippen LogP contribution in [0.15, 0.2) is 60.8 Å². The number of rotatable bonds is 9. The molecule has 0 fully saturated rings. The first-order valence-electron chi connectivity index (χ1n) is 9.73. The number of aromatic nitrogens is 1. The molecule has 0 radical (unpaired) electrons. The Morgan fingerprint density at radius 1 is 1.10 bits per heavy atom.